The van der Waals surface area contributed by atoms with Crippen molar-refractivity contribution in [3.63, 3.8) is 0 Å². The van der Waals surface area contributed by atoms with Crippen LogP contribution in [0, 0.1) is 0 Å². The summed E-state index contributed by atoms with van der Waals surface area (Å²) >= 11 is 14.1. The Morgan fingerprint density at radius 1 is 1.22 bits per heavy atom. The lowest BCUT2D eigenvalue weighted by atomic mass is 10.1. The standard InChI is InChI=1S/C14H21Cl2NS/c1-11(17-9-4-3-5-10-18-2)12-7-6-8-13(15)14(12)16/h6-8,11,17H,3-5,9-10H2,1-2H3. The van der Waals surface area contributed by atoms with Crippen LogP contribution in [0.2, 0.25) is 10.0 Å². The van der Waals surface area contributed by atoms with Gasteiger partial charge in [-0.2, -0.15) is 11.8 Å². The van der Waals surface area contributed by atoms with E-state index in [1.807, 2.05) is 30.0 Å². The lowest BCUT2D eigenvalue weighted by Gasteiger charge is -2.16. The summed E-state index contributed by atoms with van der Waals surface area (Å²) < 4.78 is 0. The molecule has 1 unspecified atom stereocenters. The van der Waals surface area contributed by atoms with Gasteiger partial charge in [-0.15, -0.1) is 0 Å². The molecule has 1 atom stereocenters. The molecule has 0 aliphatic carbocycles. The minimum atomic E-state index is 0.247. The first-order chi connectivity index (χ1) is 8.66. The van der Waals surface area contributed by atoms with E-state index in [-0.39, 0.29) is 6.04 Å². The Morgan fingerprint density at radius 3 is 2.72 bits per heavy atom. The van der Waals surface area contributed by atoms with Crippen molar-refractivity contribution in [2.75, 3.05) is 18.6 Å². The highest BCUT2D eigenvalue weighted by Crippen LogP contribution is 2.29. The fraction of sp³-hybridized carbons (Fsp3) is 0.571. The third-order valence-electron chi connectivity index (χ3n) is 2.92. The summed E-state index contributed by atoms with van der Waals surface area (Å²) in [4.78, 5) is 0. The summed E-state index contributed by atoms with van der Waals surface area (Å²) in [6.07, 6.45) is 5.95. The third kappa shape index (κ3) is 5.40. The lowest BCUT2D eigenvalue weighted by molar-refractivity contribution is 0.545. The van der Waals surface area contributed by atoms with E-state index in [1.54, 1.807) is 0 Å². The second-order valence-electron chi connectivity index (χ2n) is 4.37. The molecule has 0 aromatic heterocycles. The van der Waals surface area contributed by atoms with E-state index >= 15 is 0 Å². The van der Waals surface area contributed by atoms with Gasteiger partial charge in [-0.1, -0.05) is 41.8 Å². The molecule has 4 heteroatoms. The molecule has 18 heavy (non-hydrogen) atoms. The van der Waals surface area contributed by atoms with Gasteiger partial charge in [-0.3, -0.25) is 0 Å². The predicted molar refractivity (Wildman–Crippen MR) is 85.1 cm³/mol. The first kappa shape index (κ1) is 16.2. The van der Waals surface area contributed by atoms with Crippen LogP contribution in [-0.2, 0) is 0 Å². The Balaban J connectivity index is 2.32. The molecule has 0 heterocycles. The van der Waals surface area contributed by atoms with Gasteiger partial charge in [0.05, 0.1) is 10.0 Å². The predicted octanol–water partition coefficient (Wildman–Crippen LogP) is 5.18. The van der Waals surface area contributed by atoms with Gasteiger partial charge in [-0.25, -0.2) is 0 Å². The van der Waals surface area contributed by atoms with Crippen molar-refractivity contribution in [3.8, 4) is 0 Å². The smallest absolute Gasteiger partial charge is 0.0639 e. The molecule has 1 aromatic carbocycles. The summed E-state index contributed by atoms with van der Waals surface area (Å²) in [5.74, 6) is 1.26. The normalized spacial score (nSPS) is 12.7. The second kappa shape index (κ2) is 9.08. The quantitative estimate of drug-likeness (QED) is 0.664. The van der Waals surface area contributed by atoms with Gasteiger partial charge in [-0.05, 0) is 49.9 Å². The molecule has 0 radical (unpaired) electrons. The van der Waals surface area contributed by atoms with Gasteiger partial charge in [0.25, 0.3) is 0 Å². The number of rotatable bonds is 8. The van der Waals surface area contributed by atoms with Crippen molar-refractivity contribution in [1.82, 2.24) is 5.32 Å². The lowest BCUT2D eigenvalue weighted by Crippen LogP contribution is -2.20. The molecule has 0 spiro atoms. The minimum absolute atomic E-state index is 0.247. The highest BCUT2D eigenvalue weighted by atomic mass is 35.5. The average molecular weight is 306 g/mol. The van der Waals surface area contributed by atoms with E-state index in [0.29, 0.717) is 10.0 Å². The van der Waals surface area contributed by atoms with E-state index in [9.17, 15) is 0 Å². The molecule has 1 nitrogen and oxygen atoms in total. The van der Waals surface area contributed by atoms with Crippen molar-refractivity contribution >= 4 is 35.0 Å². The molecule has 0 bridgehead atoms. The molecule has 1 rings (SSSR count). The number of thioether (sulfide) groups is 1. The molecule has 1 aromatic rings. The van der Waals surface area contributed by atoms with Crippen molar-refractivity contribution in [2.24, 2.45) is 0 Å². The van der Waals surface area contributed by atoms with Crippen LogP contribution >= 0.6 is 35.0 Å². The molecular formula is C14H21Cl2NS. The summed E-state index contributed by atoms with van der Waals surface area (Å²) in [7, 11) is 0. The first-order valence-electron chi connectivity index (χ1n) is 6.33. The van der Waals surface area contributed by atoms with E-state index in [4.69, 9.17) is 23.2 Å². The van der Waals surface area contributed by atoms with Crippen molar-refractivity contribution < 1.29 is 0 Å². The average Bonchev–Trinajstić information content (AvgIpc) is 2.36. The zero-order valence-electron chi connectivity index (χ0n) is 11.0. The molecule has 102 valence electrons. The van der Waals surface area contributed by atoms with Crippen LogP contribution in [0.1, 0.15) is 37.8 Å². The summed E-state index contributed by atoms with van der Waals surface area (Å²) in [5, 5.41) is 4.79. The summed E-state index contributed by atoms with van der Waals surface area (Å²) in [5.41, 5.74) is 1.08. The molecule has 0 amide bonds. The monoisotopic (exact) mass is 305 g/mol. The maximum absolute atomic E-state index is 6.19. The van der Waals surface area contributed by atoms with Gasteiger partial charge in [0.1, 0.15) is 0 Å². The Bertz CT molecular complexity index is 358. The van der Waals surface area contributed by atoms with Crippen molar-refractivity contribution in [2.45, 2.75) is 32.2 Å². The van der Waals surface area contributed by atoms with Crippen LogP contribution in [0.4, 0.5) is 0 Å². The van der Waals surface area contributed by atoms with Crippen molar-refractivity contribution in [1.29, 1.82) is 0 Å². The SMILES string of the molecule is CSCCCCCNC(C)c1cccc(Cl)c1Cl. The van der Waals surface area contributed by atoms with Gasteiger partial charge < -0.3 is 5.32 Å². The van der Waals surface area contributed by atoms with Crippen LogP contribution in [-0.4, -0.2) is 18.6 Å². The highest BCUT2D eigenvalue weighted by molar-refractivity contribution is 7.98. The highest BCUT2D eigenvalue weighted by Gasteiger charge is 2.10. The molecule has 0 aliphatic rings. The molecular weight excluding hydrogens is 285 g/mol. The Morgan fingerprint density at radius 2 is 2.00 bits per heavy atom. The Hall–Kier alpha value is 0.110. The third-order valence-corrected chi connectivity index (χ3v) is 4.45. The number of benzene rings is 1. The van der Waals surface area contributed by atoms with Crippen LogP contribution < -0.4 is 5.32 Å². The minimum Gasteiger partial charge on any atom is -0.310 e. The van der Waals surface area contributed by atoms with E-state index < -0.39 is 0 Å². The molecule has 1 N–H and O–H groups in total. The zero-order valence-corrected chi connectivity index (χ0v) is 13.3. The molecule has 0 aliphatic heterocycles. The Kier molecular flexibility index (Phi) is 8.16. The van der Waals surface area contributed by atoms with Gasteiger partial charge in [0, 0.05) is 6.04 Å². The van der Waals surface area contributed by atoms with Crippen LogP contribution in [0.5, 0.6) is 0 Å². The topological polar surface area (TPSA) is 12.0 Å². The zero-order chi connectivity index (χ0) is 13.4. The number of unbranched alkanes of at least 4 members (excludes halogenated alkanes) is 2. The van der Waals surface area contributed by atoms with Crippen LogP contribution in [0.25, 0.3) is 0 Å². The number of hydrogen-bond acceptors (Lipinski definition) is 2. The Labute approximate surface area is 125 Å². The second-order valence-corrected chi connectivity index (χ2v) is 6.14. The van der Waals surface area contributed by atoms with Gasteiger partial charge in [0.2, 0.25) is 0 Å². The van der Waals surface area contributed by atoms with Crippen LogP contribution in [0.15, 0.2) is 18.2 Å². The van der Waals surface area contributed by atoms with Gasteiger partial charge in [0.15, 0.2) is 0 Å². The van der Waals surface area contributed by atoms with Gasteiger partial charge >= 0.3 is 0 Å². The van der Waals surface area contributed by atoms with E-state index in [1.165, 1.54) is 25.0 Å². The fourth-order valence-corrected chi connectivity index (χ4v) is 2.80. The van der Waals surface area contributed by atoms with Crippen LogP contribution in [0.3, 0.4) is 0 Å². The fourth-order valence-electron chi connectivity index (χ4n) is 1.83. The number of hydrogen-bond donors (Lipinski definition) is 1. The maximum atomic E-state index is 6.19. The summed E-state index contributed by atoms with van der Waals surface area (Å²) in [6, 6.07) is 6.04. The maximum Gasteiger partial charge on any atom is 0.0639 e. The molecule has 0 fully saturated rings. The van der Waals surface area contributed by atoms with Crippen molar-refractivity contribution in [3.05, 3.63) is 33.8 Å². The molecule has 0 saturated carbocycles. The van der Waals surface area contributed by atoms with E-state index in [2.05, 4.69) is 18.5 Å². The number of halogens is 2. The number of nitrogens with one attached hydrogen (secondary N) is 1. The largest absolute Gasteiger partial charge is 0.310 e. The first-order valence-corrected chi connectivity index (χ1v) is 8.48. The van der Waals surface area contributed by atoms with E-state index in [0.717, 1.165) is 12.1 Å². The summed E-state index contributed by atoms with van der Waals surface area (Å²) in [6.45, 7) is 3.15. The molecule has 0 saturated heterocycles.